The Morgan fingerprint density at radius 3 is 2.32 bits per heavy atom. The number of pyridine rings is 1. The number of halogens is 1. The molecule has 6 heteroatoms. The van der Waals surface area contributed by atoms with E-state index in [2.05, 4.69) is 9.71 Å². The lowest BCUT2D eigenvalue weighted by atomic mass is 10.0. The van der Waals surface area contributed by atoms with Gasteiger partial charge in [-0.25, -0.2) is 13.4 Å². The fraction of sp³-hybridized carbons (Fsp3) is 0.0455. The smallest absolute Gasteiger partial charge is 0.263 e. The fourth-order valence-electron chi connectivity index (χ4n) is 3.02. The second-order valence-electron chi connectivity index (χ2n) is 6.50. The van der Waals surface area contributed by atoms with Gasteiger partial charge in [-0.05, 0) is 54.4 Å². The number of hydrogen-bond acceptors (Lipinski definition) is 3. The van der Waals surface area contributed by atoms with Gasteiger partial charge in [0.15, 0.2) is 0 Å². The standard InChI is InChI=1S/C22H17ClN2O2S/c1-15-7-10-18(11-8-15)28(26,27)25-22-14-19(16-5-3-2-4-6-16)20-13-17(23)9-12-21(20)24-22/h2-14H,1H3,(H,24,25). The summed E-state index contributed by atoms with van der Waals surface area (Å²) in [6, 6.07) is 23.5. The summed E-state index contributed by atoms with van der Waals surface area (Å²) in [5.41, 5.74) is 3.46. The summed E-state index contributed by atoms with van der Waals surface area (Å²) < 4.78 is 28.2. The van der Waals surface area contributed by atoms with E-state index >= 15 is 0 Å². The molecule has 0 aliphatic carbocycles. The molecule has 1 aromatic heterocycles. The minimum Gasteiger partial charge on any atom is -0.263 e. The van der Waals surface area contributed by atoms with Crippen molar-refractivity contribution in [1.29, 1.82) is 0 Å². The Kier molecular flexibility index (Phi) is 4.79. The molecule has 1 heterocycles. The first-order chi connectivity index (χ1) is 13.4. The topological polar surface area (TPSA) is 59.1 Å². The van der Waals surface area contributed by atoms with Crippen molar-refractivity contribution in [3.63, 3.8) is 0 Å². The summed E-state index contributed by atoms with van der Waals surface area (Å²) in [4.78, 5) is 4.67. The third-order valence-corrected chi connectivity index (χ3v) is 6.03. The van der Waals surface area contributed by atoms with Crippen molar-refractivity contribution in [3.05, 3.63) is 89.4 Å². The van der Waals surface area contributed by atoms with Gasteiger partial charge in [-0.3, -0.25) is 4.72 Å². The zero-order chi connectivity index (χ0) is 19.7. The third-order valence-electron chi connectivity index (χ3n) is 4.43. The Morgan fingerprint density at radius 1 is 0.893 bits per heavy atom. The van der Waals surface area contributed by atoms with Crippen LogP contribution < -0.4 is 4.72 Å². The Morgan fingerprint density at radius 2 is 1.61 bits per heavy atom. The SMILES string of the molecule is Cc1ccc(S(=O)(=O)Nc2cc(-c3ccccc3)c3cc(Cl)ccc3n2)cc1. The summed E-state index contributed by atoms with van der Waals surface area (Å²) in [7, 11) is -3.74. The van der Waals surface area contributed by atoms with Crippen LogP contribution in [0.1, 0.15) is 5.56 Å². The number of fused-ring (bicyclic) bond motifs is 1. The molecule has 28 heavy (non-hydrogen) atoms. The first-order valence-corrected chi connectivity index (χ1v) is 10.5. The molecule has 0 aliphatic rings. The van der Waals surface area contributed by atoms with Crippen molar-refractivity contribution < 1.29 is 8.42 Å². The van der Waals surface area contributed by atoms with E-state index in [1.807, 2.05) is 43.3 Å². The molecule has 140 valence electrons. The Bertz CT molecular complexity index is 1260. The van der Waals surface area contributed by atoms with Crippen LogP contribution in [0, 0.1) is 6.92 Å². The van der Waals surface area contributed by atoms with Crippen LogP contribution >= 0.6 is 11.6 Å². The van der Waals surface area contributed by atoms with E-state index in [0.717, 1.165) is 22.1 Å². The molecule has 4 nitrogen and oxygen atoms in total. The van der Waals surface area contributed by atoms with Gasteiger partial charge in [-0.1, -0.05) is 59.6 Å². The van der Waals surface area contributed by atoms with E-state index in [0.29, 0.717) is 10.5 Å². The number of nitrogens with zero attached hydrogens (tertiary/aromatic N) is 1. The maximum absolute atomic E-state index is 12.8. The highest BCUT2D eigenvalue weighted by molar-refractivity contribution is 7.92. The molecule has 0 saturated carbocycles. The molecule has 4 aromatic rings. The second-order valence-corrected chi connectivity index (χ2v) is 8.62. The van der Waals surface area contributed by atoms with Crippen molar-refractivity contribution in [2.45, 2.75) is 11.8 Å². The molecule has 4 rings (SSSR count). The highest BCUT2D eigenvalue weighted by Crippen LogP contribution is 2.32. The van der Waals surface area contributed by atoms with Gasteiger partial charge in [-0.2, -0.15) is 0 Å². The molecule has 0 radical (unpaired) electrons. The average molecular weight is 409 g/mol. The summed E-state index contributed by atoms with van der Waals surface area (Å²) in [5.74, 6) is 0.259. The minimum atomic E-state index is -3.74. The molecule has 0 saturated heterocycles. The third kappa shape index (κ3) is 3.72. The molecular weight excluding hydrogens is 392 g/mol. The van der Waals surface area contributed by atoms with Crippen LogP contribution in [0.3, 0.4) is 0 Å². The van der Waals surface area contributed by atoms with Gasteiger partial charge in [0.25, 0.3) is 10.0 Å². The van der Waals surface area contributed by atoms with Crippen molar-refractivity contribution >= 4 is 38.3 Å². The zero-order valence-electron chi connectivity index (χ0n) is 15.1. The van der Waals surface area contributed by atoms with Crippen molar-refractivity contribution in [2.75, 3.05) is 4.72 Å². The fourth-order valence-corrected chi connectivity index (χ4v) is 4.19. The first-order valence-electron chi connectivity index (χ1n) is 8.68. The highest BCUT2D eigenvalue weighted by Gasteiger charge is 2.16. The van der Waals surface area contributed by atoms with E-state index in [1.165, 1.54) is 0 Å². The van der Waals surface area contributed by atoms with E-state index < -0.39 is 10.0 Å². The monoisotopic (exact) mass is 408 g/mol. The maximum Gasteiger partial charge on any atom is 0.263 e. The van der Waals surface area contributed by atoms with Crippen molar-refractivity contribution in [3.8, 4) is 11.1 Å². The van der Waals surface area contributed by atoms with E-state index in [-0.39, 0.29) is 10.7 Å². The predicted octanol–water partition coefficient (Wildman–Crippen LogP) is 5.66. The van der Waals surface area contributed by atoms with Crippen LogP contribution in [0.15, 0.2) is 83.8 Å². The highest BCUT2D eigenvalue weighted by atomic mass is 35.5. The van der Waals surface area contributed by atoms with Gasteiger partial charge in [0.1, 0.15) is 5.82 Å². The Hall–Kier alpha value is -2.89. The number of rotatable bonds is 4. The summed E-state index contributed by atoms with van der Waals surface area (Å²) in [5, 5.41) is 1.46. The van der Waals surface area contributed by atoms with E-state index in [9.17, 15) is 8.42 Å². The summed E-state index contributed by atoms with van der Waals surface area (Å²) in [6.07, 6.45) is 0. The molecule has 0 atom stereocenters. The van der Waals surface area contributed by atoms with Gasteiger partial charge in [0.05, 0.1) is 10.4 Å². The van der Waals surface area contributed by atoms with Gasteiger partial charge >= 0.3 is 0 Å². The lowest BCUT2D eigenvalue weighted by Gasteiger charge is -2.12. The molecular formula is C22H17ClN2O2S. The largest absolute Gasteiger partial charge is 0.263 e. The van der Waals surface area contributed by atoms with E-state index in [1.54, 1.807) is 42.5 Å². The van der Waals surface area contributed by atoms with Crippen LogP contribution in [0.4, 0.5) is 5.82 Å². The Labute approximate surface area is 168 Å². The molecule has 0 amide bonds. The van der Waals surface area contributed by atoms with Gasteiger partial charge in [0, 0.05) is 10.4 Å². The van der Waals surface area contributed by atoms with E-state index in [4.69, 9.17) is 11.6 Å². The van der Waals surface area contributed by atoms with Crippen LogP contribution in [-0.4, -0.2) is 13.4 Å². The average Bonchev–Trinajstić information content (AvgIpc) is 2.68. The Balaban J connectivity index is 1.84. The molecule has 3 aromatic carbocycles. The van der Waals surface area contributed by atoms with Gasteiger partial charge in [-0.15, -0.1) is 0 Å². The van der Waals surface area contributed by atoms with Crippen LogP contribution in [0.2, 0.25) is 5.02 Å². The van der Waals surface area contributed by atoms with Crippen molar-refractivity contribution in [2.24, 2.45) is 0 Å². The lowest BCUT2D eigenvalue weighted by molar-refractivity contribution is 0.601. The summed E-state index contributed by atoms with van der Waals surface area (Å²) >= 11 is 6.18. The first kappa shape index (κ1) is 18.5. The second kappa shape index (κ2) is 7.26. The molecule has 0 fully saturated rings. The lowest BCUT2D eigenvalue weighted by Crippen LogP contribution is -2.14. The van der Waals surface area contributed by atoms with Crippen LogP contribution in [-0.2, 0) is 10.0 Å². The number of sulfonamides is 1. The zero-order valence-corrected chi connectivity index (χ0v) is 16.6. The molecule has 0 spiro atoms. The summed E-state index contributed by atoms with van der Waals surface area (Å²) in [6.45, 7) is 1.91. The van der Waals surface area contributed by atoms with Crippen LogP contribution in [0.5, 0.6) is 0 Å². The number of benzene rings is 3. The number of aryl methyl sites for hydroxylation is 1. The quantitative estimate of drug-likeness (QED) is 0.473. The number of nitrogens with one attached hydrogen (secondary N) is 1. The predicted molar refractivity (Wildman–Crippen MR) is 114 cm³/mol. The van der Waals surface area contributed by atoms with Crippen molar-refractivity contribution in [1.82, 2.24) is 4.98 Å². The van der Waals surface area contributed by atoms with Gasteiger partial charge < -0.3 is 0 Å². The molecule has 0 unspecified atom stereocenters. The van der Waals surface area contributed by atoms with Crippen LogP contribution in [0.25, 0.3) is 22.0 Å². The molecule has 0 bridgehead atoms. The minimum absolute atomic E-state index is 0.192. The number of anilines is 1. The molecule has 1 N–H and O–H groups in total. The van der Waals surface area contributed by atoms with Gasteiger partial charge in [0.2, 0.25) is 0 Å². The maximum atomic E-state index is 12.8. The normalized spacial score (nSPS) is 11.5. The number of hydrogen-bond donors (Lipinski definition) is 1. The number of aromatic nitrogens is 1. The molecule has 0 aliphatic heterocycles.